The SMILES string of the molecule is CC(C)N(CCCO)C(=O)c1ccc(C=CC(=O)O)cc1. The Morgan fingerprint density at radius 1 is 1.24 bits per heavy atom. The van der Waals surface area contributed by atoms with E-state index >= 15 is 0 Å². The molecule has 2 N–H and O–H groups in total. The first kappa shape index (κ1) is 16.9. The molecule has 0 aliphatic carbocycles. The number of hydrogen-bond donors (Lipinski definition) is 2. The van der Waals surface area contributed by atoms with E-state index in [4.69, 9.17) is 10.2 Å². The van der Waals surface area contributed by atoms with Crippen molar-refractivity contribution >= 4 is 18.0 Å². The van der Waals surface area contributed by atoms with Gasteiger partial charge in [0.1, 0.15) is 0 Å². The lowest BCUT2D eigenvalue weighted by Crippen LogP contribution is -2.38. The number of benzene rings is 1. The molecule has 0 fully saturated rings. The summed E-state index contributed by atoms with van der Waals surface area (Å²) in [6, 6.07) is 6.82. The number of aliphatic carboxylic acids is 1. The number of carboxylic acid groups (broad SMARTS) is 1. The van der Waals surface area contributed by atoms with Gasteiger partial charge in [-0.25, -0.2) is 4.79 Å². The topological polar surface area (TPSA) is 77.8 Å². The first-order valence-electron chi connectivity index (χ1n) is 6.88. The lowest BCUT2D eigenvalue weighted by atomic mass is 10.1. The van der Waals surface area contributed by atoms with Crippen LogP contribution < -0.4 is 0 Å². The average molecular weight is 291 g/mol. The van der Waals surface area contributed by atoms with E-state index in [0.717, 1.165) is 11.6 Å². The summed E-state index contributed by atoms with van der Waals surface area (Å²) in [4.78, 5) is 24.6. The van der Waals surface area contributed by atoms with Crippen molar-refractivity contribution in [2.75, 3.05) is 13.2 Å². The van der Waals surface area contributed by atoms with Crippen molar-refractivity contribution in [1.82, 2.24) is 4.90 Å². The summed E-state index contributed by atoms with van der Waals surface area (Å²) in [6.45, 7) is 4.42. The Balaban J connectivity index is 2.83. The summed E-state index contributed by atoms with van der Waals surface area (Å²) < 4.78 is 0. The second-order valence-electron chi connectivity index (χ2n) is 4.96. The minimum atomic E-state index is -1.01. The fourth-order valence-electron chi connectivity index (χ4n) is 1.91. The number of carboxylic acids is 1. The van der Waals surface area contributed by atoms with Gasteiger partial charge in [0, 0.05) is 30.8 Å². The minimum absolute atomic E-state index is 0.0510. The van der Waals surface area contributed by atoms with Crippen LogP contribution in [0.2, 0.25) is 0 Å². The van der Waals surface area contributed by atoms with Gasteiger partial charge in [-0.2, -0.15) is 0 Å². The molecule has 0 saturated heterocycles. The van der Waals surface area contributed by atoms with Crippen LogP contribution >= 0.6 is 0 Å². The van der Waals surface area contributed by atoms with Crippen molar-refractivity contribution in [2.45, 2.75) is 26.3 Å². The zero-order chi connectivity index (χ0) is 15.8. The molecule has 0 saturated carbocycles. The van der Waals surface area contributed by atoms with E-state index in [0.29, 0.717) is 18.5 Å². The quantitative estimate of drug-likeness (QED) is 0.753. The summed E-state index contributed by atoms with van der Waals surface area (Å²) >= 11 is 0. The Kier molecular flexibility index (Phi) is 6.62. The number of carbonyl (C=O) groups excluding carboxylic acids is 1. The third-order valence-corrected chi connectivity index (χ3v) is 3.02. The van der Waals surface area contributed by atoms with E-state index in [-0.39, 0.29) is 18.6 Å². The summed E-state index contributed by atoms with van der Waals surface area (Å²) in [7, 11) is 0. The number of hydrogen-bond acceptors (Lipinski definition) is 3. The maximum absolute atomic E-state index is 12.4. The molecule has 0 atom stereocenters. The molecule has 1 rings (SSSR count). The van der Waals surface area contributed by atoms with Crippen LogP contribution in [0.25, 0.3) is 6.08 Å². The Bertz CT molecular complexity index is 506. The van der Waals surface area contributed by atoms with Crippen LogP contribution in [-0.4, -0.2) is 46.2 Å². The predicted octanol–water partition coefficient (Wildman–Crippen LogP) is 2.02. The minimum Gasteiger partial charge on any atom is -0.478 e. The largest absolute Gasteiger partial charge is 0.478 e. The van der Waals surface area contributed by atoms with Gasteiger partial charge in [0.25, 0.3) is 5.91 Å². The van der Waals surface area contributed by atoms with Gasteiger partial charge in [-0.3, -0.25) is 4.79 Å². The van der Waals surface area contributed by atoms with E-state index < -0.39 is 5.97 Å². The number of carbonyl (C=O) groups is 2. The number of aliphatic hydroxyl groups excluding tert-OH is 1. The molecule has 0 unspecified atom stereocenters. The molecular formula is C16H21NO4. The third kappa shape index (κ3) is 5.39. The second kappa shape index (κ2) is 8.21. The highest BCUT2D eigenvalue weighted by Gasteiger charge is 2.17. The fourth-order valence-corrected chi connectivity index (χ4v) is 1.91. The van der Waals surface area contributed by atoms with Crippen molar-refractivity contribution in [3.8, 4) is 0 Å². The monoisotopic (exact) mass is 291 g/mol. The van der Waals surface area contributed by atoms with Crippen LogP contribution in [0.5, 0.6) is 0 Å². The normalized spacial score (nSPS) is 11.0. The van der Waals surface area contributed by atoms with Crippen LogP contribution in [0.15, 0.2) is 30.3 Å². The molecule has 0 spiro atoms. The van der Waals surface area contributed by atoms with Gasteiger partial charge in [-0.15, -0.1) is 0 Å². The molecule has 5 heteroatoms. The standard InChI is InChI=1S/C16H21NO4/c1-12(2)17(10-3-11-18)16(21)14-7-4-13(5-8-14)6-9-15(19)20/h4-9,12,18H,3,10-11H2,1-2H3,(H,19,20). The zero-order valence-corrected chi connectivity index (χ0v) is 12.3. The Morgan fingerprint density at radius 2 is 1.86 bits per heavy atom. The van der Waals surface area contributed by atoms with Gasteiger partial charge in [-0.05, 0) is 44.0 Å². The average Bonchev–Trinajstić information content (AvgIpc) is 2.45. The van der Waals surface area contributed by atoms with E-state index in [1.54, 1.807) is 29.2 Å². The van der Waals surface area contributed by atoms with Crippen LogP contribution in [0.1, 0.15) is 36.2 Å². The van der Waals surface area contributed by atoms with Crippen LogP contribution in [0.3, 0.4) is 0 Å². The maximum Gasteiger partial charge on any atom is 0.328 e. The highest BCUT2D eigenvalue weighted by atomic mass is 16.4. The molecule has 0 aromatic heterocycles. The van der Waals surface area contributed by atoms with Crippen LogP contribution in [0, 0.1) is 0 Å². The molecule has 0 heterocycles. The molecule has 21 heavy (non-hydrogen) atoms. The van der Waals surface area contributed by atoms with Gasteiger partial charge in [0.2, 0.25) is 0 Å². The summed E-state index contributed by atoms with van der Waals surface area (Å²) in [5.74, 6) is -1.10. The molecule has 0 aliphatic heterocycles. The molecule has 5 nitrogen and oxygen atoms in total. The lowest BCUT2D eigenvalue weighted by molar-refractivity contribution is -0.131. The van der Waals surface area contributed by atoms with Crippen molar-refractivity contribution in [3.05, 3.63) is 41.5 Å². The van der Waals surface area contributed by atoms with Gasteiger partial charge in [0.15, 0.2) is 0 Å². The third-order valence-electron chi connectivity index (χ3n) is 3.02. The van der Waals surface area contributed by atoms with Crippen molar-refractivity contribution < 1.29 is 19.8 Å². The molecule has 1 aromatic carbocycles. The highest BCUT2D eigenvalue weighted by Crippen LogP contribution is 2.12. The van der Waals surface area contributed by atoms with Crippen LogP contribution in [-0.2, 0) is 4.79 Å². The number of aliphatic hydroxyl groups is 1. The molecule has 1 amide bonds. The smallest absolute Gasteiger partial charge is 0.328 e. The fraction of sp³-hybridized carbons (Fsp3) is 0.375. The van der Waals surface area contributed by atoms with Crippen molar-refractivity contribution in [3.63, 3.8) is 0 Å². The van der Waals surface area contributed by atoms with E-state index in [1.807, 2.05) is 13.8 Å². The Morgan fingerprint density at radius 3 is 2.33 bits per heavy atom. The van der Waals surface area contributed by atoms with E-state index in [1.165, 1.54) is 6.08 Å². The lowest BCUT2D eigenvalue weighted by Gasteiger charge is -2.26. The number of amides is 1. The molecular weight excluding hydrogens is 270 g/mol. The van der Waals surface area contributed by atoms with E-state index in [9.17, 15) is 9.59 Å². The Hall–Kier alpha value is -2.14. The summed E-state index contributed by atoms with van der Waals surface area (Å²) in [6.07, 6.45) is 3.07. The summed E-state index contributed by atoms with van der Waals surface area (Å²) in [5, 5.41) is 17.5. The highest BCUT2D eigenvalue weighted by molar-refractivity contribution is 5.94. The second-order valence-corrected chi connectivity index (χ2v) is 4.96. The van der Waals surface area contributed by atoms with Gasteiger partial charge in [-0.1, -0.05) is 12.1 Å². The van der Waals surface area contributed by atoms with Crippen molar-refractivity contribution in [1.29, 1.82) is 0 Å². The Labute approximate surface area is 124 Å². The van der Waals surface area contributed by atoms with Gasteiger partial charge < -0.3 is 15.1 Å². The molecule has 0 radical (unpaired) electrons. The predicted molar refractivity (Wildman–Crippen MR) is 81.0 cm³/mol. The first-order chi connectivity index (χ1) is 9.95. The molecule has 0 bridgehead atoms. The molecule has 0 aliphatic rings. The summed E-state index contributed by atoms with van der Waals surface area (Å²) in [5.41, 5.74) is 1.27. The zero-order valence-electron chi connectivity index (χ0n) is 12.3. The van der Waals surface area contributed by atoms with Gasteiger partial charge >= 0.3 is 5.97 Å². The maximum atomic E-state index is 12.4. The number of rotatable bonds is 7. The number of nitrogens with zero attached hydrogens (tertiary/aromatic N) is 1. The molecule has 1 aromatic rings. The molecule has 114 valence electrons. The van der Waals surface area contributed by atoms with Crippen molar-refractivity contribution in [2.24, 2.45) is 0 Å². The van der Waals surface area contributed by atoms with Crippen LogP contribution in [0.4, 0.5) is 0 Å². The van der Waals surface area contributed by atoms with E-state index in [2.05, 4.69) is 0 Å². The van der Waals surface area contributed by atoms with Gasteiger partial charge in [0.05, 0.1) is 0 Å². The first-order valence-corrected chi connectivity index (χ1v) is 6.88.